The summed E-state index contributed by atoms with van der Waals surface area (Å²) in [6.07, 6.45) is 2.28. The van der Waals surface area contributed by atoms with Crippen molar-refractivity contribution in [3.8, 4) is 0 Å². The highest BCUT2D eigenvalue weighted by Crippen LogP contribution is 2.33. The molecule has 0 saturated carbocycles. The molecule has 1 aromatic carbocycles. The summed E-state index contributed by atoms with van der Waals surface area (Å²) in [5, 5.41) is 3.40. The molecule has 15 heavy (non-hydrogen) atoms. The van der Waals surface area contributed by atoms with Crippen LogP contribution in [0.3, 0.4) is 0 Å². The van der Waals surface area contributed by atoms with Crippen molar-refractivity contribution < 1.29 is 4.39 Å². The van der Waals surface area contributed by atoms with Crippen LogP contribution in [0.1, 0.15) is 35.6 Å². The lowest BCUT2D eigenvalue weighted by atomic mass is 9.98. The number of benzene rings is 1. The summed E-state index contributed by atoms with van der Waals surface area (Å²) in [4.78, 5) is 0. The van der Waals surface area contributed by atoms with E-state index in [2.05, 4.69) is 21.2 Å². The molecular formula is C12H15BrFN. The average Bonchev–Trinajstić information content (AvgIpc) is 2.73. The van der Waals surface area contributed by atoms with Crippen LogP contribution < -0.4 is 5.32 Å². The van der Waals surface area contributed by atoms with Crippen LogP contribution in [0, 0.1) is 19.7 Å². The number of hydrogen-bond donors (Lipinski definition) is 1. The quantitative estimate of drug-likeness (QED) is 0.823. The van der Waals surface area contributed by atoms with Crippen molar-refractivity contribution in [3.63, 3.8) is 0 Å². The minimum atomic E-state index is -0.115. The first kappa shape index (κ1) is 11.1. The van der Waals surface area contributed by atoms with E-state index in [0.717, 1.165) is 28.6 Å². The van der Waals surface area contributed by atoms with Crippen LogP contribution in [0.5, 0.6) is 0 Å². The summed E-state index contributed by atoms with van der Waals surface area (Å²) in [5.74, 6) is -0.115. The Bertz CT molecular complexity index is 384. The molecule has 0 radical (unpaired) electrons. The normalized spacial score (nSPS) is 20.9. The lowest BCUT2D eigenvalue weighted by molar-refractivity contribution is 0.595. The van der Waals surface area contributed by atoms with Crippen LogP contribution in [0.4, 0.5) is 4.39 Å². The van der Waals surface area contributed by atoms with E-state index in [9.17, 15) is 4.39 Å². The maximum Gasteiger partial charge on any atom is 0.127 e. The van der Waals surface area contributed by atoms with E-state index in [4.69, 9.17) is 0 Å². The van der Waals surface area contributed by atoms with Gasteiger partial charge in [-0.3, -0.25) is 0 Å². The summed E-state index contributed by atoms with van der Waals surface area (Å²) < 4.78 is 14.5. The van der Waals surface area contributed by atoms with Crippen molar-refractivity contribution in [2.24, 2.45) is 0 Å². The van der Waals surface area contributed by atoms with Crippen LogP contribution >= 0.6 is 15.9 Å². The van der Waals surface area contributed by atoms with Gasteiger partial charge in [-0.1, -0.05) is 15.9 Å². The van der Waals surface area contributed by atoms with Gasteiger partial charge in [-0.2, -0.15) is 0 Å². The zero-order valence-corrected chi connectivity index (χ0v) is 10.6. The first-order chi connectivity index (χ1) is 7.11. The average molecular weight is 272 g/mol. The highest BCUT2D eigenvalue weighted by Gasteiger charge is 2.21. The standard InChI is InChI=1S/C12H15BrFN/c1-7-9(11-4-3-5-15-11)6-10(14)8(2)12(7)13/h6,11,15H,3-5H2,1-2H3. The maximum absolute atomic E-state index is 13.6. The number of halogens is 2. The predicted octanol–water partition coefficient (Wildman–Crippen LogP) is 3.63. The van der Waals surface area contributed by atoms with Crippen LogP contribution in [-0.4, -0.2) is 6.54 Å². The van der Waals surface area contributed by atoms with E-state index in [1.165, 1.54) is 6.42 Å². The van der Waals surface area contributed by atoms with Gasteiger partial charge in [0.25, 0.3) is 0 Å². The molecule has 3 heteroatoms. The van der Waals surface area contributed by atoms with Gasteiger partial charge in [0.15, 0.2) is 0 Å². The monoisotopic (exact) mass is 271 g/mol. The van der Waals surface area contributed by atoms with Gasteiger partial charge in [0.2, 0.25) is 0 Å². The molecule has 1 fully saturated rings. The molecule has 0 amide bonds. The van der Waals surface area contributed by atoms with Crippen molar-refractivity contribution in [1.29, 1.82) is 0 Å². The zero-order chi connectivity index (χ0) is 11.0. The smallest absolute Gasteiger partial charge is 0.127 e. The van der Waals surface area contributed by atoms with E-state index in [1.54, 1.807) is 13.0 Å². The molecule has 82 valence electrons. The van der Waals surface area contributed by atoms with Gasteiger partial charge in [-0.05, 0) is 56.0 Å². The summed E-state index contributed by atoms with van der Waals surface area (Å²) in [5.41, 5.74) is 2.96. The van der Waals surface area contributed by atoms with Crippen molar-refractivity contribution in [2.75, 3.05) is 6.54 Å². The van der Waals surface area contributed by atoms with E-state index in [0.29, 0.717) is 11.6 Å². The summed E-state index contributed by atoms with van der Waals surface area (Å²) >= 11 is 3.46. The number of rotatable bonds is 1. The second-order valence-corrected chi connectivity index (χ2v) is 4.95. The molecule has 1 aromatic rings. The number of hydrogen-bond acceptors (Lipinski definition) is 1. The van der Waals surface area contributed by atoms with Gasteiger partial charge in [-0.15, -0.1) is 0 Å². The number of nitrogens with one attached hydrogen (secondary N) is 1. The van der Waals surface area contributed by atoms with E-state index in [1.807, 2.05) is 6.92 Å². The maximum atomic E-state index is 13.6. The molecule has 0 aromatic heterocycles. The molecule has 0 bridgehead atoms. The highest BCUT2D eigenvalue weighted by molar-refractivity contribution is 9.10. The largest absolute Gasteiger partial charge is 0.310 e. The second-order valence-electron chi connectivity index (χ2n) is 4.16. The molecule has 2 rings (SSSR count). The third kappa shape index (κ3) is 1.95. The fraction of sp³-hybridized carbons (Fsp3) is 0.500. The van der Waals surface area contributed by atoms with E-state index >= 15 is 0 Å². The molecule has 1 heterocycles. The van der Waals surface area contributed by atoms with Gasteiger partial charge in [0.05, 0.1) is 0 Å². The lowest BCUT2D eigenvalue weighted by Crippen LogP contribution is -2.14. The highest BCUT2D eigenvalue weighted by atomic mass is 79.9. The van der Waals surface area contributed by atoms with Gasteiger partial charge in [0, 0.05) is 10.5 Å². The molecule has 1 saturated heterocycles. The Kier molecular flexibility index (Phi) is 3.12. The topological polar surface area (TPSA) is 12.0 Å². The Morgan fingerprint density at radius 3 is 2.73 bits per heavy atom. The third-order valence-corrected chi connectivity index (χ3v) is 4.36. The molecule has 1 aliphatic heterocycles. The fourth-order valence-corrected chi connectivity index (χ4v) is 2.60. The molecule has 1 atom stereocenters. The predicted molar refractivity (Wildman–Crippen MR) is 63.6 cm³/mol. The van der Waals surface area contributed by atoms with Crippen molar-refractivity contribution >= 4 is 15.9 Å². The molecule has 1 unspecified atom stereocenters. The van der Waals surface area contributed by atoms with Gasteiger partial charge in [0.1, 0.15) is 5.82 Å². The zero-order valence-electron chi connectivity index (χ0n) is 9.03. The van der Waals surface area contributed by atoms with Gasteiger partial charge < -0.3 is 5.32 Å². The van der Waals surface area contributed by atoms with Crippen LogP contribution in [0.25, 0.3) is 0 Å². The lowest BCUT2D eigenvalue weighted by Gasteiger charge is -2.17. The molecule has 1 aliphatic rings. The summed E-state index contributed by atoms with van der Waals surface area (Å²) in [6.45, 7) is 4.89. The fourth-order valence-electron chi connectivity index (χ4n) is 2.18. The SMILES string of the molecule is Cc1c(F)cc(C2CCCN2)c(C)c1Br. The van der Waals surface area contributed by atoms with Crippen LogP contribution in [-0.2, 0) is 0 Å². The first-order valence-electron chi connectivity index (χ1n) is 5.29. The third-order valence-electron chi connectivity index (χ3n) is 3.17. The Morgan fingerprint density at radius 2 is 2.13 bits per heavy atom. The van der Waals surface area contributed by atoms with Crippen LogP contribution in [0.15, 0.2) is 10.5 Å². The Hall–Kier alpha value is -0.410. The Morgan fingerprint density at radius 1 is 1.40 bits per heavy atom. The van der Waals surface area contributed by atoms with Crippen LogP contribution in [0.2, 0.25) is 0 Å². The van der Waals surface area contributed by atoms with Gasteiger partial charge >= 0.3 is 0 Å². The minimum Gasteiger partial charge on any atom is -0.310 e. The molecule has 0 aliphatic carbocycles. The Labute approximate surface area is 98.2 Å². The summed E-state index contributed by atoms with van der Waals surface area (Å²) in [6, 6.07) is 2.01. The molecule has 1 nitrogen and oxygen atoms in total. The molecule has 0 spiro atoms. The van der Waals surface area contributed by atoms with Crippen molar-refractivity contribution in [1.82, 2.24) is 5.32 Å². The minimum absolute atomic E-state index is 0.115. The van der Waals surface area contributed by atoms with E-state index in [-0.39, 0.29) is 5.82 Å². The van der Waals surface area contributed by atoms with Gasteiger partial charge in [-0.25, -0.2) is 4.39 Å². The van der Waals surface area contributed by atoms with E-state index < -0.39 is 0 Å². The van der Waals surface area contributed by atoms with Crippen molar-refractivity contribution in [3.05, 3.63) is 33.0 Å². The second kappa shape index (κ2) is 4.22. The summed E-state index contributed by atoms with van der Waals surface area (Å²) in [7, 11) is 0. The molecule has 1 N–H and O–H groups in total. The first-order valence-corrected chi connectivity index (χ1v) is 6.09. The Balaban J connectivity index is 2.47. The van der Waals surface area contributed by atoms with Crippen molar-refractivity contribution in [2.45, 2.75) is 32.7 Å². The molecular weight excluding hydrogens is 257 g/mol.